The summed E-state index contributed by atoms with van der Waals surface area (Å²) in [5.74, 6) is 0. The molecule has 1 atom stereocenters. The molecule has 0 aliphatic rings. The van der Waals surface area contributed by atoms with Gasteiger partial charge < -0.3 is 90.1 Å². The van der Waals surface area contributed by atoms with E-state index >= 15 is 0 Å². The predicted octanol–water partition coefficient (Wildman–Crippen LogP) is 10.7. The molecule has 2 N–H and O–H groups in total. The van der Waals surface area contributed by atoms with Crippen molar-refractivity contribution in [2.45, 2.75) is 92.0 Å². The molecule has 0 aromatic heterocycles. The first-order valence-corrected chi connectivity index (χ1v) is 25.1. The Kier molecular flexibility index (Phi) is 26.8. The van der Waals surface area contributed by atoms with Crippen molar-refractivity contribution in [1.29, 1.82) is 21.0 Å². The van der Waals surface area contributed by atoms with Gasteiger partial charge in [-0.05, 0) is 140 Å². The third-order valence-electron chi connectivity index (χ3n) is 9.30. The number of benzene rings is 4. The zero-order chi connectivity index (χ0) is 46.4. The van der Waals surface area contributed by atoms with Crippen LogP contribution in [0.25, 0.3) is 0 Å². The Balaban J connectivity index is 0.000000744. The zero-order valence-corrected chi connectivity index (χ0v) is 43.7. The van der Waals surface area contributed by atoms with E-state index in [4.69, 9.17) is 24.8 Å². The summed E-state index contributed by atoms with van der Waals surface area (Å²) in [6.07, 6.45) is 5.37. The van der Waals surface area contributed by atoms with E-state index in [0.29, 0.717) is 41.8 Å². The van der Waals surface area contributed by atoms with Crippen molar-refractivity contribution in [3.05, 3.63) is 140 Å². The third kappa shape index (κ3) is 22.0. The number of nitrogens with one attached hydrogen (secondary N) is 2. The molecule has 0 aliphatic heterocycles. The fourth-order valence-electron chi connectivity index (χ4n) is 7.28. The monoisotopic (exact) mass is 1010 g/mol. The minimum Gasteiger partial charge on any atom is -0.412 e. The van der Waals surface area contributed by atoms with Gasteiger partial charge in [0.25, 0.3) is 0 Å². The van der Waals surface area contributed by atoms with Crippen LogP contribution in [0.1, 0.15) is 100 Å². The van der Waals surface area contributed by atoms with Crippen molar-refractivity contribution in [2.75, 3.05) is 19.6 Å². The topological polar surface area (TPSA) is 122 Å². The second-order valence-electron chi connectivity index (χ2n) is 15.5. The van der Waals surface area contributed by atoms with Crippen LogP contribution in [0.2, 0.25) is 0 Å². The van der Waals surface area contributed by atoms with Crippen molar-refractivity contribution in [2.24, 2.45) is 0 Å². The first-order chi connectivity index (χ1) is 29.4. The Bertz CT molecular complexity index is 2090. The first-order valence-electron chi connectivity index (χ1n) is 20.1. The summed E-state index contributed by atoms with van der Waals surface area (Å²) in [6.45, 7) is 17.0. The van der Waals surface area contributed by atoms with Crippen LogP contribution in [-0.2, 0) is 79.3 Å². The SMILES string of the molecule is CC(CNC(=S)[S-])NC(=S)[S-].CCCN(CCC)C(=S)[S-].Cc1cc(C#N)cc(C[P+](Cc2cc(C)cc(C#N)c2)(Cc2cc(C)cc(C#N)c2)Cc2cc(C)cc(C#N)c2)c1.[Co+2]. The van der Waals surface area contributed by atoms with E-state index in [1.807, 2.05) is 83.1 Å². The Morgan fingerprint density at radius 2 is 0.873 bits per heavy atom. The minimum atomic E-state index is -2.02. The van der Waals surface area contributed by atoms with Gasteiger partial charge in [-0.15, -0.1) is 0 Å². The molecular weight excluding hydrogens is 957 g/mol. The summed E-state index contributed by atoms with van der Waals surface area (Å²) >= 11 is 28.4. The number of rotatable bonds is 15. The van der Waals surface area contributed by atoms with Gasteiger partial charge in [-0.25, -0.2) is 0 Å². The number of hydrogen-bond donors (Lipinski definition) is 2. The minimum absolute atomic E-state index is 0. The van der Waals surface area contributed by atoms with Gasteiger partial charge in [0.15, 0.2) is 0 Å². The molecule has 0 saturated carbocycles. The van der Waals surface area contributed by atoms with Gasteiger partial charge in [-0.1, -0.05) is 51.1 Å². The molecule has 1 unspecified atom stereocenters. The van der Waals surface area contributed by atoms with Gasteiger partial charge in [0.05, 0.1) is 71.2 Å². The average Bonchev–Trinajstić information content (AvgIpc) is 3.19. The van der Waals surface area contributed by atoms with Gasteiger partial charge in [0.2, 0.25) is 0 Å². The molecule has 4 aromatic carbocycles. The molecule has 0 heterocycles. The number of nitrogens with zero attached hydrogens (tertiary/aromatic N) is 5. The quantitative estimate of drug-likeness (QED) is 0.0668. The predicted molar refractivity (Wildman–Crippen MR) is 278 cm³/mol. The molecule has 7 nitrogen and oxygen atoms in total. The van der Waals surface area contributed by atoms with Crippen molar-refractivity contribution in [3.8, 4) is 24.3 Å². The van der Waals surface area contributed by atoms with Crippen LogP contribution in [-0.4, -0.2) is 43.5 Å². The molecule has 4 aromatic rings. The number of aryl methyl sites for hydroxylation is 4. The van der Waals surface area contributed by atoms with Crippen molar-refractivity contribution >= 4 is 94.8 Å². The number of nitriles is 4. The average molecular weight is 1010 g/mol. The van der Waals surface area contributed by atoms with Crippen molar-refractivity contribution < 1.29 is 16.8 Å². The maximum Gasteiger partial charge on any atom is 2.00 e. The van der Waals surface area contributed by atoms with Crippen LogP contribution in [0.4, 0.5) is 0 Å². The largest absolute Gasteiger partial charge is 2.00 e. The second-order valence-corrected chi connectivity index (χ2v) is 22.6. The first kappa shape index (κ1) is 57.1. The molecule has 0 fully saturated rings. The molecule has 0 bridgehead atoms. The Morgan fingerprint density at radius 1 is 0.571 bits per heavy atom. The van der Waals surface area contributed by atoms with Crippen LogP contribution in [0, 0.1) is 73.0 Å². The Hall–Kier alpha value is -3.89. The molecule has 0 amide bonds. The maximum atomic E-state index is 9.72. The summed E-state index contributed by atoms with van der Waals surface area (Å²) < 4.78 is 1.35. The van der Waals surface area contributed by atoms with Crippen molar-refractivity contribution in [1.82, 2.24) is 15.5 Å². The molecule has 0 aliphatic carbocycles. The molecule has 0 saturated heterocycles. The van der Waals surface area contributed by atoms with Gasteiger partial charge in [-0.3, -0.25) is 0 Å². The molecule has 15 heteroatoms. The van der Waals surface area contributed by atoms with Crippen molar-refractivity contribution in [3.63, 3.8) is 0 Å². The second kappa shape index (κ2) is 29.5. The van der Waals surface area contributed by atoms with Gasteiger partial charge in [0, 0.05) is 32.9 Å². The van der Waals surface area contributed by atoms with E-state index in [2.05, 4.69) is 128 Å². The Labute approximate surface area is 420 Å². The van der Waals surface area contributed by atoms with Gasteiger partial charge in [0.1, 0.15) is 0 Å². The van der Waals surface area contributed by atoms with E-state index in [9.17, 15) is 21.0 Å². The van der Waals surface area contributed by atoms with Gasteiger partial charge >= 0.3 is 16.8 Å². The Morgan fingerprint density at radius 3 is 1.10 bits per heavy atom. The molecule has 1 radical (unpaired) electrons. The van der Waals surface area contributed by atoms with Crippen LogP contribution in [0.3, 0.4) is 0 Å². The van der Waals surface area contributed by atoms with Crippen LogP contribution < -0.4 is 10.6 Å². The van der Waals surface area contributed by atoms with Crippen LogP contribution in [0.15, 0.2) is 72.8 Å². The van der Waals surface area contributed by atoms with E-state index < -0.39 is 7.26 Å². The molecule has 63 heavy (non-hydrogen) atoms. The normalized spacial score (nSPS) is 10.5. The van der Waals surface area contributed by atoms with E-state index in [1.165, 1.54) is 0 Å². The maximum absolute atomic E-state index is 9.72. The van der Waals surface area contributed by atoms with E-state index in [0.717, 1.165) is 95.1 Å². The standard InChI is InChI=1S/C36H32N4P.C7H15NS2.C5H10N2S4.Co/c1-25-5-29(17-37)13-33(9-25)21-41(22-34-10-26(2)6-30(14-34)18-38,23-35-11-27(3)7-31(15-35)19-39)24-36-12-28(4)8-32(16-36)20-40;1-3-5-8(6-4-2)7(9)10;1-3(7-5(10)11)2-6-4(8)9;/h5-16H,21-24H2,1-4H3;3-6H2,1-2H3,(H,9,10);3H,2H2,1H3,(H2,6,8,9)(H2,7,10,11);/q+1;;;+2/p-3. The van der Waals surface area contributed by atoms with Crippen LogP contribution in [0.5, 0.6) is 0 Å². The summed E-state index contributed by atoms with van der Waals surface area (Å²) in [6, 6.07) is 33.7. The van der Waals surface area contributed by atoms with E-state index in [-0.39, 0.29) is 22.8 Å². The van der Waals surface area contributed by atoms with Gasteiger partial charge in [-0.2, -0.15) is 21.0 Å². The molecular formula is C48H54CoN7PS6. The smallest absolute Gasteiger partial charge is 0.412 e. The summed E-state index contributed by atoms with van der Waals surface area (Å²) in [5.41, 5.74) is 11.2. The summed E-state index contributed by atoms with van der Waals surface area (Å²) in [7, 11) is -2.02. The fraction of sp³-hybridized carbons (Fsp3) is 0.354. The summed E-state index contributed by atoms with van der Waals surface area (Å²) in [5, 5.41) is 44.6. The molecule has 0 spiro atoms. The van der Waals surface area contributed by atoms with E-state index in [1.54, 1.807) is 0 Å². The number of thiocarbonyl (C=S) groups is 3. The number of hydrogen-bond acceptors (Lipinski definition) is 10. The molecule has 331 valence electrons. The third-order valence-corrected chi connectivity index (χ3v) is 14.5. The summed E-state index contributed by atoms with van der Waals surface area (Å²) in [4.78, 5) is 2.07. The zero-order valence-electron chi connectivity index (χ0n) is 36.8. The van der Waals surface area contributed by atoms with Crippen LogP contribution >= 0.6 is 43.9 Å². The molecule has 4 rings (SSSR count). The fourth-order valence-corrected chi connectivity index (χ4v) is 12.7.